The lowest BCUT2D eigenvalue weighted by Gasteiger charge is -2.02. The molecule has 1 rings (SSSR count). The van der Waals surface area contributed by atoms with Gasteiger partial charge in [-0.05, 0) is 24.2 Å². The van der Waals surface area contributed by atoms with E-state index in [1.54, 1.807) is 7.11 Å². The van der Waals surface area contributed by atoms with E-state index >= 15 is 0 Å². The maximum absolute atomic E-state index is 5.03. The molecule has 1 nitrogen and oxygen atoms in total. The van der Waals surface area contributed by atoms with Gasteiger partial charge in [0.25, 0.3) is 0 Å². The van der Waals surface area contributed by atoms with Gasteiger partial charge in [0, 0.05) is 19.5 Å². The summed E-state index contributed by atoms with van der Waals surface area (Å²) in [6.07, 6.45) is 6.61. The average molecular weight is 252 g/mol. The van der Waals surface area contributed by atoms with Crippen LogP contribution >= 0.6 is 11.8 Å². The summed E-state index contributed by atoms with van der Waals surface area (Å²) in [6.45, 7) is 0.919. The number of thioether (sulfide) groups is 1. The minimum atomic E-state index is 0.919. The average Bonchev–Trinajstić information content (AvgIpc) is 2.38. The Kier molecular flexibility index (Phi) is 9.16. The zero-order chi connectivity index (χ0) is 12.2. The lowest BCUT2D eigenvalue weighted by atomic mass is 10.2. The van der Waals surface area contributed by atoms with Crippen molar-refractivity contribution in [1.29, 1.82) is 0 Å². The molecule has 0 aromatic heterocycles. The van der Waals surface area contributed by atoms with Crippen LogP contribution in [0.15, 0.2) is 30.3 Å². The molecule has 0 saturated carbocycles. The SMILES string of the molecule is COCCCCCCCSCc1ccccc1. The van der Waals surface area contributed by atoms with Crippen molar-refractivity contribution in [2.45, 2.75) is 37.9 Å². The molecule has 1 aromatic carbocycles. The second-order valence-corrected chi connectivity index (χ2v) is 5.40. The first-order valence-electron chi connectivity index (χ1n) is 6.54. The minimum Gasteiger partial charge on any atom is -0.385 e. The normalized spacial score (nSPS) is 10.6. The first kappa shape index (κ1) is 14.6. The number of methoxy groups -OCH3 is 1. The van der Waals surface area contributed by atoms with Crippen LogP contribution in [0.2, 0.25) is 0 Å². The van der Waals surface area contributed by atoms with E-state index in [1.807, 2.05) is 11.8 Å². The van der Waals surface area contributed by atoms with Crippen LogP contribution in [0.4, 0.5) is 0 Å². The molecule has 96 valence electrons. The largest absolute Gasteiger partial charge is 0.385 e. The van der Waals surface area contributed by atoms with Crippen molar-refractivity contribution in [2.75, 3.05) is 19.5 Å². The Morgan fingerprint density at radius 2 is 1.65 bits per heavy atom. The van der Waals surface area contributed by atoms with E-state index in [-0.39, 0.29) is 0 Å². The zero-order valence-corrected chi connectivity index (χ0v) is 11.7. The Balaban J connectivity index is 1.85. The van der Waals surface area contributed by atoms with E-state index < -0.39 is 0 Å². The van der Waals surface area contributed by atoms with Gasteiger partial charge in [-0.15, -0.1) is 0 Å². The second kappa shape index (κ2) is 10.7. The van der Waals surface area contributed by atoms with Crippen molar-refractivity contribution >= 4 is 11.8 Å². The van der Waals surface area contributed by atoms with E-state index in [0.717, 1.165) is 12.4 Å². The topological polar surface area (TPSA) is 9.23 Å². The molecule has 0 atom stereocenters. The van der Waals surface area contributed by atoms with Gasteiger partial charge in [-0.25, -0.2) is 0 Å². The molecule has 0 N–H and O–H groups in total. The van der Waals surface area contributed by atoms with Gasteiger partial charge >= 0.3 is 0 Å². The molecule has 1 aromatic rings. The van der Waals surface area contributed by atoms with Gasteiger partial charge in [0.05, 0.1) is 0 Å². The molecule has 0 aliphatic rings. The summed E-state index contributed by atoms with van der Waals surface area (Å²) in [6, 6.07) is 10.7. The predicted octanol–water partition coefficient (Wildman–Crippen LogP) is 4.52. The Labute approximate surface area is 110 Å². The number of hydrogen-bond acceptors (Lipinski definition) is 2. The predicted molar refractivity (Wildman–Crippen MR) is 77.6 cm³/mol. The molecule has 0 amide bonds. The van der Waals surface area contributed by atoms with Crippen LogP contribution in [0.25, 0.3) is 0 Å². The van der Waals surface area contributed by atoms with E-state index in [1.165, 1.54) is 43.4 Å². The molecule has 0 saturated heterocycles. The summed E-state index contributed by atoms with van der Waals surface area (Å²) < 4.78 is 5.03. The number of rotatable bonds is 10. The first-order chi connectivity index (χ1) is 8.43. The minimum absolute atomic E-state index is 0.919. The van der Waals surface area contributed by atoms with Crippen LogP contribution < -0.4 is 0 Å². The molecule has 0 fully saturated rings. The highest BCUT2D eigenvalue weighted by atomic mass is 32.2. The maximum Gasteiger partial charge on any atom is 0.0462 e. The van der Waals surface area contributed by atoms with Crippen LogP contribution in [0.3, 0.4) is 0 Å². The van der Waals surface area contributed by atoms with Gasteiger partial charge in [0.2, 0.25) is 0 Å². The molecule has 0 spiro atoms. The molecular weight excluding hydrogens is 228 g/mol. The van der Waals surface area contributed by atoms with Crippen LogP contribution in [0, 0.1) is 0 Å². The summed E-state index contributed by atoms with van der Waals surface area (Å²) in [5, 5.41) is 0. The first-order valence-corrected chi connectivity index (χ1v) is 7.69. The molecule has 0 aliphatic heterocycles. The third-order valence-electron chi connectivity index (χ3n) is 2.75. The van der Waals surface area contributed by atoms with Crippen molar-refractivity contribution in [3.63, 3.8) is 0 Å². The highest BCUT2D eigenvalue weighted by Crippen LogP contribution is 2.14. The van der Waals surface area contributed by atoms with Crippen molar-refractivity contribution < 1.29 is 4.74 Å². The summed E-state index contributed by atoms with van der Waals surface area (Å²) in [4.78, 5) is 0. The molecule has 0 unspecified atom stereocenters. The Bertz CT molecular complexity index is 261. The van der Waals surface area contributed by atoms with E-state index in [2.05, 4.69) is 30.3 Å². The van der Waals surface area contributed by atoms with Crippen molar-refractivity contribution in [3.8, 4) is 0 Å². The monoisotopic (exact) mass is 252 g/mol. The Hall–Kier alpha value is -0.470. The lowest BCUT2D eigenvalue weighted by Crippen LogP contribution is -1.89. The maximum atomic E-state index is 5.03. The molecule has 0 aliphatic carbocycles. The van der Waals surface area contributed by atoms with Gasteiger partial charge in [-0.1, -0.05) is 49.6 Å². The fourth-order valence-electron chi connectivity index (χ4n) is 1.75. The number of unbranched alkanes of at least 4 members (excludes halogenated alkanes) is 4. The fraction of sp³-hybridized carbons (Fsp3) is 0.600. The standard InChI is InChI=1S/C15H24OS/c1-16-12-8-3-2-4-9-13-17-14-15-10-6-5-7-11-15/h5-7,10-11H,2-4,8-9,12-14H2,1H3. The Morgan fingerprint density at radius 3 is 2.41 bits per heavy atom. The third kappa shape index (κ3) is 8.28. The van der Waals surface area contributed by atoms with E-state index in [9.17, 15) is 0 Å². The van der Waals surface area contributed by atoms with Gasteiger partial charge in [-0.3, -0.25) is 0 Å². The lowest BCUT2D eigenvalue weighted by molar-refractivity contribution is 0.192. The molecule has 2 heteroatoms. The molecule has 0 heterocycles. The van der Waals surface area contributed by atoms with Crippen LogP contribution in [-0.4, -0.2) is 19.5 Å². The Morgan fingerprint density at radius 1 is 0.941 bits per heavy atom. The van der Waals surface area contributed by atoms with Gasteiger partial charge in [0.15, 0.2) is 0 Å². The van der Waals surface area contributed by atoms with Crippen LogP contribution in [0.1, 0.15) is 37.7 Å². The van der Waals surface area contributed by atoms with Crippen molar-refractivity contribution in [2.24, 2.45) is 0 Å². The quantitative estimate of drug-likeness (QED) is 0.566. The smallest absolute Gasteiger partial charge is 0.0462 e. The van der Waals surface area contributed by atoms with E-state index in [4.69, 9.17) is 4.74 Å². The highest BCUT2D eigenvalue weighted by Gasteiger charge is 1.94. The van der Waals surface area contributed by atoms with Gasteiger partial charge in [-0.2, -0.15) is 11.8 Å². The highest BCUT2D eigenvalue weighted by molar-refractivity contribution is 7.98. The zero-order valence-electron chi connectivity index (χ0n) is 10.9. The molecule has 0 radical (unpaired) electrons. The molecule has 17 heavy (non-hydrogen) atoms. The van der Waals surface area contributed by atoms with E-state index in [0.29, 0.717) is 0 Å². The number of benzene rings is 1. The number of hydrogen-bond donors (Lipinski definition) is 0. The summed E-state index contributed by atoms with van der Waals surface area (Å²) in [7, 11) is 1.78. The van der Waals surface area contributed by atoms with Crippen molar-refractivity contribution in [1.82, 2.24) is 0 Å². The second-order valence-electron chi connectivity index (χ2n) is 4.30. The van der Waals surface area contributed by atoms with Crippen LogP contribution in [0.5, 0.6) is 0 Å². The molecular formula is C15H24OS. The summed E-state index contributed by atoms with van der Waals surface area (Å²) in [5.74, 6) is 2.45. The number of ether oxygens (including phenoxy) is 1. The summed E-state index contributed by atoms with van der Waals surface area (Å²) in [5.41, 5.74) is 1.44. The van der Waals surface area contributed by atoms with Gasteiger partial charge in [0.1, 0.15) is 0 Å². The van der Waals surface area contributed by atoms with Crippen LogP contribution in [-0.2, 0) is 10.5 Å². The molecule has 0 bridgehead atoms. The van der Waals surface area contributed by atoms with Crippen molar-refractivity contribution in [3.05, 3.63) is 35.9 Å². The van der Waals surface area contributed by atoms with Gasteiger partial charge < -0.3 is 4.74 Å². The third-order valence-corrected chi connectivity index (χ3v) is 3.86. The fourth-order valence-corrected chi connectivity index (χ4v) is 2.73. The summed E-state index contributed by atoms with van der Waals surface area (Å²) >= 11 is 2.05.